The number of aliphatic carboxylic acids is 1. The lowest BCUT2D eigenvalue weighted by atomic mass is 10.00. The van der Waals surface area contributed by atoms with E-state index in [9.17, 15) is 9.90 Å². The number of carbonyl (C=O) groups is 1. The molecule has 0 aliphatic heterocycles. The van der Waals surface area contributed by atoms with Crippen molar-refractivity contribution < 1.29 is 15.0 Å². The van der Waals surface area contributed by atoms with Crippen LogP contribution in [0.5, 0.6) is 0 Å². The van der Waals surface area contributed by atoms with E-state index in [1.807, 2.05) is 24.3 Å². The van der Waals surface area contributed by atoms with Crippen molar-refractivity contribution in [2.45, 2.75) is 18.9 Å². The summed E-state index contributed by atoms with van der Waals surface area (Å²) in [6.45, 7) is 0. The van der Waals surface area contributed by atoms with E-state index in [1.165, 1.54) is 0 Å². The first-order valence-electron chi connectivity index (χ1n) is 4.66. The van der Waals surface area contributed by atoms with Crippen LogP contribution < -0.4 is 0 Å². The van der Waals surface area contributed by atoms with Gasteiger partial charge in [-0.1, -0.05) is 24.3 Å². The van der Waals surface area contributed by atoms with E-state index in [4.69, 9.17) is 5.11 Å². The van der Waals surface area contributed by atoms with Crippen LogP contribution >= 0.6 is 0 Å². The molecular weight excluding hydrogens is 180 g/mol. The maximum atomic E-state index is 10.5. The van der Waals surface area contributed by atoms with Gasteiger partial charge in [-0.25, -0.2) is 0 Å². The number of benzene rings is 1. The SMILES string of the molecule is O=C(O)C[C@@H]1Cc2ccccc2[C@H]1O. The quantitative estimate of drug-likeness (QED) is 0.744. The first-order chi connectivity index (χ1) is 6.68. The van der Waals surface area contributed by atoms with Gasteiger partial charge >= 0.3 is 5.97 Å². The molecule has 0 heterocycles. The summed E-state index contributed by atoms with van der Waals surface area (Å²) in [5.41, 5.74) is 1.96. The molecule has 14 heavy (non-hydrogen) atoms. The maximum absolute atomic E-state index is 10.5. The summed E-state index contributed by atoms with van der Waals surface area (Å²) in [4.78, 5) is 10.5. The van der Waals surface area contributed by atoms with Gasteiger partial charge in [-0.2, -0.15) is 0 Å². The first-order valence-corrected chi connectivity index (χ1v) is 4.66. The number of hydrogen-bond donors (Lipinski definition) is 2. The van der Waals surface area contributed by atoms with Crippen LogP contribution in [0, 0.1) is 5.92 Å². The van der Waals surface area contributed by atoms with Crippen molar-refractivity contribution in [2.24, 2.45) is 5.92 Å². The molecule has 3 heteroatoms. The molecule has 0 fully saturated rings. The third-order valence-corrected chi connectivity index (χ3v) is 2.74. The largest absolute Gasteiger partial charge is 0.481 e. The Balaban J connectivity index is 2.21. The van der Waals surface area contributed by atoms with Gasteiger partial charge in [0.2, 0.25) is 0 Å². The number of carboxylic acid groups (broad SMARTS) is 1. The molecule has 0 aromatic heterocycles. The summed E-state index contributed by atoms with van der Waals surface area (Å²) >= 11 is 0. The van der Waals surface area contributed by atoms with E-state index in [2.05, 4.69) is 0 Å². The molecule has 0 saturated carbocycles. The first kappa shape index (κ1) is 9.21. The number of carboxylic acids is 1. The van der Waals surface area contributed by atoms with Gasteiger partial charge in [0, 0.05) is 5.92 Å². The van der Waals surface area contributed by atoms with Crippen molar-refractivity contribution in [1.82, 2.24) is 0 Å². The number of fused-ring (bicyclic) bond motifs is 1. The van der Waals surface area contributed by atoms with Crippen LogP contribution in [-0.4, -0.2) is 16.2 Å². The third-order valence-electron chi connectivity index (χ3n) is 2.74. The highest BCUT2D eigenvalue weighted by atomic mass is 16.4. The van der Waals surface area contributed by atoms with Crippen molar-refractivity contribution in [3.8, 4) is 0 Å². The van der Waals surface area contributed by atoms with Crippen LogP contribution in [0.4, 0.5) is 0 Å². The Morgan fingerprint density at radius 1 is 1.43 bits per heavy atom. The van der Waals surface area contributed by atoms with Gasteiger partial charge in [0.1, 0.15) is 0 Å². The summed E-state index contributed by atoms with van der Waals surface area (Å²) in [6, 6.07) is 7.59. The lowest BCUT2D eigenvalue weighted by Crippen LogP contribution is -2.12. The molecule has 2 N–H and O–H groups in total. The summed E-state index contributed by atoms with van der Waals surface area (Å²) in [6.07, 6.45) is 0.0988. The summed E-state index contributed by atoms with van der Waals surface area (Å²) in [7, 11) is 0. The van der Waals surface area contributed by atoms with Crippen molar-refractivity contribution in [3.63, 3.8) is 0 Å². The molecule has 1 aromatic rings. The number of hydrogen-bond acceptors (Lipinski definition) is 2. The van der Waals surface area contributed by atoms with Gasteiger partial charge in [-0.15, -0.1) is 0 Å². The normalized spacial score (nSPS) is 24.6. The van der Waals surface area contributed by atoms with Gasteiger partial charge in [0.15, 0.2) is 0 Å². The molecule has 74 valence electrons. The number of aliphatic hydroxyl groups is 1. The Hall–Kier alpha value is -1.35. The molecule has 0 radical (unpaired) electrons. The Bertz CT molecular complexity index is 359. The van der Waals surface area contributed by atoms with Crippen LogP contribution in [-0.2, 0) is 11.2 Å². The average Bonchev–Trinajstić information content (AvgIpc) is 2.44. The Labute approximate surface area is 82.0 Å². The number of aliphatic hydroxyl groups excluding tert-OH is 1. The lowest BCUT2D eigenvalue weighted by molar-refractivity contribution is -0.139. The van der Waals surface area contributed by atoms with E-state index >= 15 is 0 Å². The molecule has 3 nitrogen and oxygen atoms in total. The molecule has 0 spiro atoms. The topological polar surface area (TPSA) is 57.5 Å². The van der Waals surface area contributed by atoms with Gasteiger partial charge in [-0.3, -0.25) is 4.79 Å². The smallest absolute Gasteiger partial charge is 0.303 e. The number of rotatable bonds is 2. The van der Waals surface area contributed by atoms with E-state index in [-0.39, 0.29) is 12.3 Å². The standard InChI is InChI=1S/C11H12O3/c12-10(13)6-8-5-7-3-1-2-4-9(7)11(8)14/h1-4,8,11,14H,5-6H2,(H,12,13)/t8-,11-/m0/s1. The molecule has 0 bridgehead atoms. The average molecular weight is 192 g/mol. The summed E-state index contributed by atoms with van der Waals surface area (Å²) in [5, 5.41) is 18.5. The van der Waals surface area contributed by atoms with E-state index in [0.717, 1.165) is 11.1 Å². The van der Waals surface area contributed by atoms with Crippen LogP contribution in [0.1, 0.15) is 23.7 Å². The van der Waals surface area contributed by atoms with Crippen molar-refractivity contribution in [3.05, 3.63) is 35.4 Å². The van der Waals surface area contributed by atoms with Gasteiger partial charge in [0.05, 0.1) is 12.5 Å². The van der Waals surface area contributed by atoms with E-state index < -0.39 is 12.1 Å². The minimum Gasteiger partial charge on any atom is -0.481 e. The Morgan fingerprint density at radius 2 is 2.14 bits per heavy atom. The Morgan fingerprint density at radius 3 is 2.79 bits per heavy atom. The molecule has 1 aromatic carbocycles. The minimum atomic E-state index is -0.846. The van der Waals surface area contributed by atoms with E-state index in [0.29, 0.717) is 6.42 Å². The molecule has 1 aliphatic carbocycles. The van der Waals surface area contributed by atoms with Gasteiger partial charge in [-0.05, 0) is 17.5 Å². The highest BCUT2D eigenvalue weighted by Gasteiger charge is 2.31. The predicted molar refractivity (Wildman–Crippen MR) is 50.8 cm³/mol. The summed E-state index contributed by atoms with van der Waals surface area (Å²) < 4.78 is 0. The second kappa shape index (κ2) is 3.42. The maximum Gasteiger partial charge on any atom is 0.303 e. The van der Waals surface area contributed by atoms with Crippen LogP contribution in [0.25, 0.3) is 0 Å². The second-order valence-electron chi connectivity index (χ2n) is 3.71. The zero-order valence-electron chi connectivity index (χ0n) is 7.68. The van der Waals surface area contributed by atoms with Crippen molar-refractivity contribution >= 4 is 5.97 Å². The molecule has 2 atom stereocenters. The van der Waals surface area contributed by atoms with Gasteiger partial charge < -0.3 is 10.2 Å². The fourth-order valence-corrected chi connectivity index (χ4v) is 2.06. The lowest BCUT2D eigenvalue weighted by Gasteiger charge is -2.11. The predicted octanol–water partition coefficient (Wildman–Crippen LogP) is 1.37. The molecule has 1 aliphatic rings. The van der Waals surface area contributed by atoms with Gasteiger partial charge in [0.25, 0.3) is 0 Å². The van der Waals surface area contributed by atoms with Crippen molar-refractivity contribution in [2.75, 3.05) is 0 Å². The van der Waals surface area contributed by atoms with Crippen LogP contribution in [0.3, 0.4) is 0 Å². The van der Waals surface area contributed by atoms with E-state index in [1.54, 1.807) is 0 Å². The zero-order chi connectivity index (χ0) is 10.1. The third kappa shape index (κ3) is 1.51. The molecule has 0 saturated heterocycles. The highest BCUT2D eigenvalue weighted by Crippen LogP contribution is 2.37. The molecule has 2 rings (SSSR count). The molecule has 0 unspecified atom stereocenters. The fraction of sp³-hybridized carbons (Fsp3) is 0.364. The molecular formula is C11H12O3. The highest BCUT2D eigenvalue weighted by molar-refractivity contribution is 5.67. The fourth-order valence-electron chi connectivity index (χ4n) is 2.06. The molecule has 0 amide bonds. The minimum absolute atomic E-state index is 0.0375. The Kier molecular flexibility index (Phi) is 2.25. The van der Waals surface area contributed by atoms with Crippen molar-refractivity contribution in [1.29, 1.82) is 0 Å². The summed E-state index contributed by atoms with van der Waals surface area (Å²) in [5.74, 6) is -1.01. The monoisotopic (exact) mass is 192 g/mol. The van der Waals surface area contributed by atoms with Crippen LogP contribution in [0.2, 0.25) is 0 Å². The second-order valence-corrected chi connectivity index (χ2v) is 3.71. The zero-order valence-corrected chi connectivity index (χ0v) is 7.68. The van der Waals surface area contributed by atoms with Crippen LogP contribution in [0.15, 0.2) is 24.3 Å².